The maximum absolute atomic E-state index is 13.2. The fourth-order valence-corrected chi connectivity index (χ4v) is 6.11. The summed E-state index contributed by atoms with van der Waals surface area (Å²) < 4.78 is 12.6. The second kappa shape index (κ2) is 12.4. The minimum Gasteiger partial charge on any atom is -0.378 e. The number of aromatic nitrogens is 1. The highest BCUT2D eigenvalue weighted by atomic mass is 32.2. The standard InChI is InChI=1S/C30H31N5O6S/c36-27(31-22-5-7-23(8-6-22)32-9-13-40-14-10-32)19-35-29(38)26(42-30(35)39)17-21-18-34(25-4-2-1-3-24(21)25)20-28(37)33-11-15-41-16-12-33/h1-8,17-18H,9-16,19-20H2,(H,31,36)/b26-17-. The number of anilines is 2. The van der Waals surface area contributed by atoms with Crippen LogP contribution in [0.4, 0.5) is 16.2 Å². The van der Waals surface area contributed by atoms with Crippen molar-refractivity contribution in [2.24, 2.45) is 0 Å². The van der Waals surface area contributed by atoms with Gasteiger partial charge in [0, 0.05) is 60.2 Å². The molecule has 3 fully saturated rings. The van der Waals surface area contributed by atoms with Gasteiger partial charge < -0.3 is 29.2 Å². The monoisotopic (exact) mass is 589 g/mol. The Bertz CT molecular complexity index is 1540. The normalized spacial score (nSPS) is 18.8. The van der Waals surface area contributed by atoms with Gasteiger partial charge in [-0.15, -0.1) is 0 Å². The van der Waals surface area contributed by atoms with Crippen LogP contribution >= 0.6 is 11.8 Å². The van der Waals surface area contributed by atoms with Crippen LogP contribution in [0, 0.1) is 0 Å². The molecule has 0 spiro atoms. The molecule has 0 bridgehead atoms. The molecule has 42 heavy (non-hydrogen) atoms. The maximum Gasteiger partial charge on any atom is 0.294 e. The van der Waals surface area contributed by atoms with Crippen LogP contribution in [0.2, 0.25) is 0 Å². The van der Waals surface area contributed by atoms with Gasteiger partial charge in [0.05, 0.1) is 31.3 Å². The predicted octanol–water partition coefficient (Wildman–Crippen LogP) is 3.01. The number of ether oxygens (including phenoxy) is 2. The Morgan fingerprint density at radius 1 is 0.881 bits per heavy atom. The van der Waals surface area contributed by atoms with Crippen LogP contribution in [0.25, 0.3) is 17.0 Å². The Morgan fingerprint density at radius 3 is 2.31 bits per heavy atom. The smallest absolute Gasteiger partial charge is 0.294 e. The molecule has 12 heteroatoms. The van der Waals surface area contributed by atoms with E-state index in [4.69, 9.17) is 9.47 Å². The number of para-hydroxylation sites is 1. The summed E-state index contributed by atoms with van der Waals surface area (Å²) in [6, 6.07) is 15.1. The zero-order chi connectivity index (χ0) is 29.1. The molecule has 0 unspecified atom stereocenters. The molecule has 1 N–H and O–H groups in total. The van der Waals surface area contributed by atoms with Gasteiger partial charge in [-0.1, -0.05) is 18.2 Å². The number of fused-ring (bicyclic) bond motifs is 1. The van der Waals surface area contributed by atoms with Crippen LogP contribution in [0.15, 0.2) is 59.6 Å². The highest BCUT2D eigenvalue weighted by molar-refractivity contribution is 8.18. The van der Waals surface area contributed by atoms with Crippen LogP contribution < -0.4 is 10.2 Å². The van der Waals surface area contributed by atoms with Crippen molar-refractivity contribution in [2.45, 2.75) is 6.54 Å². The number of carbonyl (C=O) groups excluding carboxylic acids is 4. The molecule has 3 aliphatic rings. The number of hydrogen-bond donors (Lipinski definition) is 1. The van der Waals surface area contributed by atoms with Gasteiger partial charge in [-0.2, -0.15) is 0 Å². The third kappa shape index (κ3) is 6.06. The molecule has 4 heterocycles. The Hall–Kier alpha value is -4.13. The van der Waals surface area contributed by atoms with Crippen molar-refractivity contribution >= 4 is 63.1 Å². The van der Waals surface area contributed by atoms with E-state index in [0.29, 0.717) is 45.2 Å². The van der Waals surface area contributed by atoms with E-state index in [-0.39, 0.29) is 23.9 Å². The molecule has 3 aliphatic heterocycles. The first-order valence-electron chi connectivity index (χ1n) is 13.9. The number of benzene rings is 2. The second-order valence-electron chi connectivity index (χ2n) is 10.2. The first-order valence-corrected chi connectivity index (χ1v) is 14.7. The average molecular weight is 590 g/mol. The van der Waals surface area contributed by atoms with Crippen molar-refractivity contribution in [3.8, 4) is 0 Å². The SMILES string of the molecule is O=C(CN1C(=O)S/C(=C\c2cn(CC(=O)N3CCOCC3)c3ccccc23)C1=O)Nc1ccc(N2CCOCC2)cc1. The summed E-state index contributed by atoms with van der Waals surface area (Å²) in [6.07, 6.45) is 3.48. The lowest BCUT2D eigenvalue weighted by molar-refractivity contribution is -0.135. The van der Waals surface area contributed by atoms with Gasteiger partial charge in [-0.3, -0.25) is 24.1 Å². The second-order valence-corrected chi connectivity index (χ2v) is 11.2. The number of amides is 4. The molecule has 4 amide bonds. The fourth-order valence-electron chi connectivity index (χ4n) is 5.28. The molecule has 1 aromatic heterocycles. The van der Waals surface area contributed by atoms with Gasteiger partial charge in [0.15, 0.2) is 0 Å². The van der Waals surface area contributed by atoms with Crippen LogP contribution in [0.5, 0.6) is 0 Å². The Labute approximate surface area is 247 Å². The quantitative estimate of drug-likeness (QED) is 0.419. The number of nitrogens with one attached hydrogen (secondary N) is 1. The molecular weight excluding hydrogens is 558 g/mol. The third-order valence-corrected chi connectivity index (χ3v) is 8.39. The summed E-state index contributed by atoms with van der Waals surface area (Å²) in [5, 5.41) is 3.13. The molecule has 0 saturated carbocycles. The van der Waals surface area contributed by atoms with Gasteiger partial charge in [0.25, 0.3) is 11.1 Å². The Balaban J connectivity index is 1.13. The van der Waals surface area contributed by atoms with E-state index in [0.717, 1.165) is 51.9 Å². The number of hydrogen-bond acceptors (Lipinski definition) is 8. The van der Waals surface area contributed by atoms with E-state index in [1.54, 1.807) is 23.1 Å². The molecule has 0 aliphatic carbocycles. The molecule has 0 radical (unpaired) electrons. The van der Waals surface area contributed by atoms with Gasteiger partial charge in [-0.05, 0) is 48.2 Å². The van der Waals surface area contributed by atoms with E-state index in [9.17, 15) is 19.2 Å². The summed E-state index contributed by atoms with van der Waals surface area (Å²) in [5.41, 5.74) is 3.19. The van der Waals surface area contributed by atoms with Crippen molar-refractivity contribution < 1.29 is 28.7 Å². The largest absolute Gasteiger partial charge is 0.378 e. The highest BCUT2D eigenvalue weighted by Crippen LogP contribution is 2.34. The zero-order valence-electron chi connectivity index (χ0n) is 23.0. The van der Waals surface area contributed by atoms with Gasteiger partial charge in [0.2, 0.25) is 11.8 Å². The Morgan fingerprint density at radius 2 is 1.57 bits per heavy atom. The van der Waals surface area contributed by atoms with Crippen molar-refractivity contribution in [3.05, 3.63) is 65.2 Å². The first kappa shape index (κ1) is 28.0. The van der Waals surface area contributed by atoms with Crippen LogP contribution in [-0.2, 0) is 30.4 Å². The average Bonchev–Trinajstić information content (AvgIpc) is 3.49. The van der Waals surface area contributed by atoms with Gasteiger partial charge >= 0.3 is 0 Å². The zero-order valence-corrected chi connectivity index (χ0v) is 23.8. The number of nitrogens with zero attached hydrogens (tertiary/aromatic N) is 4. The minimum atomic E-state index is -0.524. The van der Waals surface area contributed by atoms with E-state index in [1.807, 2.05) is 47.2 Å². The number of thioether (sulfide) groups is 1. The lowest BCUT2D eigenvalue weighted by Gasteiger charge is -2.28. The van der Waals surface area contributed by atoms with Gasteiger partial charge in [0.1, 0.15) is 13.1 Å². The van der Waals surface area contributed by atoms with Crippen LogP contribution in [0.3, 0.4) is 0 Å². The summed E-state index contributed by atoms with van der Waals surface area (Å²) in [4.78, 5) is 56.8. The molecule has 3 saturated heterocycles. The predicted molar refractivity (Wildman–Crippen MR) is 160 cm³/mol. The number of rotatable bonds is 7. The summed E-state index contributed by atoms with van der Waals surface area (Å²) >= 11 is 0.802. The molecule has 3 aromatic rings. The highest BCUT2D eigenvalue weighted by Gasteiger charge is 2.36. The summed E-state index contributed by atoms with van der Waals surface area (Å²) in [5.74, 6) is -0.993. The van der Waals surface area contributed by atoms with Crippen molar-refractivity contribution in [2.75, 3.05) is 69.4 Å². The van der Waals surface area contributed by atoms with Crippen LogP contribution in [0.1, 0.15) is 5.56 Å². The summed E-state index contributed by atoms with van der Waals surface area (Å²) in [6.45, 7) is 4.93. The minimum absolute atomic E-state index is 0.00678. The lowest BCUT2D eigenvalue weighted by Crippen LogP contribution is -2.42. The summed E-state index contributed by atoms with van der Waals surface area (Å²) in [7, 11) is 0. The molecule has 218 valence electrons. The lowest BCUT2D eigenvalue weighted by atomic mass is 10.1. The number of morpholine rings is 2. The first-order chi connectivity index (χ1) is 20.5. The fraction of sp³-hybridized carbons (Fsp3) is 0.333. The van der Waals surface area contributed by atoms with E-state index in [2.05, 4.69) is 10.2 Å². The molecular formula is C30H31N5O6S. The molecule has 11 nitrogen and oxygen atoms in total. The molecule has 6 rings (SSSR count). The maximum atomic E-state index is 13.2. The van der Waals surface area contributed by atoms with Crippen molar-refractivity contribution in [1.82, 2.24) is 14.4 Å². The molecule has 0 atom stereocenters. The van der Waals surface area contributed by atoms with E-state index < -0.39 is 17.1 Å². The Kier molecular flexibility index (Phi) is 8.27. The van der Waals surface area contributed by atoms with Crippen molar-refractivity contribution in [1.29, 1.82) is 0 Å². The topological polar surface area (TPSA) is 113 Å². The number of imide groups is 1. The van der Waals surface area contributed by atoms with E-state index in [1.165, 1.54) is 0 Å². The van der Waals surface area contributed by atoms with Gasteiger partial charge in [-0.25, -0.2) is 0 Å². The molecule has 2 aromatic carbocycles. The van der Waals surface area contributed by atoms with Crippen LogP contribution in [-0.4, -0.2) is 96.5 Å². The van der Waals surface area contributed by atoms with E-state index >= 15 is 0 Å². The van der Waals surface area contributed by atoms with Crippen molar-refractivity contribution in [3.63, 3.8) is 0 Å². The number of carbonyl (C=O) groups is 4. The third-order valence-electron chi connectivity index (χ3n) is 7.48.